The van der Waals surface area contributed by atoms with Gasteiger partial charge >= 0.3 is 0 Å². The Bertz CT molecular complexity index is 906. The number of sulfonamides is 1. The summed E-state index contributed by atoms with van der Waals surface area (Å²) in [5.74, 6) is 1.04. The lowest BCUT2D eigenvalue weighted by Crippen LogP contribution is -2.35. The summed E-state index contributed by atoms with van der Waals surface area (Å²) in [6.07, 6.45) is 2.90. The van der Waals surface area contributed by atoms with Crippen molar-refractivity contribution in [1.29, 1.82) is 0 Å². The van der Waals surface area contributed by atoms with Crippen LogP contribution >= 0.6 is 11.8 Å². The highest BCUT2D eigenvalue weighted by atomic mass is 32.2. The van der Waals surface area contributed by atoms with Crippen molar-refractivity contribution in [1.82, 2.24) is 4.31 Å². The van der Waals surface area contributed by atoms with Gasteiger partial charge in [0.2, 0.25) is 15.9 Å². The maximum Gasteiger partial charge on any atom is 0.243 e. The number of anilines is 1. The van der Waals surface area contributed by atoms with Gasteiger partial charge in [0.1, 0.15) is 0 Å². The Labute approximate surface area is 171 Å². The van der Waals surface area contributed by atoms with Gasteiger partial charge in [-0.25, -0.2) is 8.42 Å². The molecule has 1 amide bonds. The quantitative estimate of drug-likeness (QED) is 0.737. The fourth-order valence-electron chi connectivity index (χ4n) is 3.23. The van der Waals surface area contributed by atoms with Crippen LogP contribution in [0.5, 0.6) is 0 Å². The van der Waals surface area contributed by atoms with E-state index in [4.69, 9.17) is 0 Å². The van der Waals surface area contributed by atoms with Gasteiger partial charge in [-0.15, -0.1) is 11.8 Å². The van der Waals surface area contributed by atoms with E-state index in [0.717, 1.165) is 25.0 Å². The average molecular weight is 419 g/mol. The highest BCUT2D eigenvalue weighted by Crippen LogP contribution is 2.22. The summed E-state index contributed by atoms with van der Waals surface area (Å²) in [5.41, 5.74) is 3.02. The summed E-state index contributed by atoms with van der Waals surface area (Å²) in [4.78, 5) is 12.4. The summed E-state index contributed by atoms with van der Waals surface area (Å²) in [6.45, 7) is 3.22. The summed E-state index contributed by atoms with van der Waals surface area (Å²) in [6, 6.07) is 14.7. The van der Waals surface area contributed by atoms with Crippen molar-refractivity contribution in [3.8, 4) is 0 Å². The van der Waals surface area contributed by atoms with Crippen molar-refractivity contribution in [2.75, 3.05) is 24.2 Å². The molecule has 7 heteroatoms. The van der Waals surface area contributed by atoms with Gasteiger partial charge in [-0.1, -0.05) is 36.2 Å². The molecule has 1 N–H and O–H groups in total. The molecule has 1 saturated heterocycles. The zero-order valence-electron chi connectivity index (χ0n) is 16.1. The minimum Gasteiger partial charge on any atom is -0.325 e. The van der Waals surface area contributed by atoms with Crippen LogP contribution in [0, 0.1) is 6.92 Å². The van der Waals surface area contributed by atoms with Gasteiger partial charge in [-0.3, -0.25) is 4.79 Å². The SMILES string of the molecule is Cc1cccc(CSCC(=O)Nc2ccc(S(=O)(=O)N3CCCCC3)cc2)c1. The molecule has 1 aliphatic heterocycles. The van der Waals surface area contributed by atoms with Crippen molar-refractivity contribution in [2.45, 2.75) is 36.8 Å². The third-order valence-corrected chi connectivity index (χ3v) is 7.59. The van der Waals surface area contributed by atoms with Gasteiger partial charge in [-0.2, -0.15) is 4.31 Å². The Morgan fingerprint density at radius 1 is 1.07 bits per heavy atom. The number of carbonyl (C=O) groups is 1. The number of hydrogen-bond acceptors (Lipinski definition) is 4. The zero-order chi connectivity index (χ0) is 20.0. The molecule has 0 aliphatic carbocycles. The van der Waals surface area contributed by atoms with Crippen LogP contribution in [0.3, 0.4) is 0 Å². The number of aryl methyl sites for hydroxylation is 1. The standard InChI is InChI=1S/C21H26N2O3S2/c1-17-6-5-7-18(14-17)15-27-16-21(24)22-19-8-10-20(11-9-19)28(25,26)23-12-3-2-4-13-23/h5-11,14H,2-4,12-13,15-16H2,1H3,(H,22,24). The lowest BCUT2D eigenvalue weighted by atomic mass is 10.2. The third kappa shape index (κ3) is 5.59. The molecule has 3 rings (SSSR count). The van der Waals surface area contributed by atoms with E-state index < -0.39 is 10.0 Å². The molecule has 0 unspecified atom stereocenters. The smallest absolute Gasteiger partial charge is 0.243 e. The fourth-order valence-corrected chi connectivity index (χ4v) is 5.52. The fraction of sp³-hybridized carbons (Fsp3) is 0.381. The van der Waals surface area contributed by atoms with Crippen molar-refractivity contribution in [3.05, 3.63) is 59.7 Å². The van der Waals surface area contributed by atoms with Crippen LogP contribution in [0.4, 0.5) is 5.69 Å². The molecule has 150 valence electrons. The average Bonchev–Trinajstić information content (AvgIpc) is 2.69. The first-order chi connectivity index (χ1) is 13.4. The number of piperidine rings is 1. The first kappa shape index (κ1) is 20.9. The topological polar surface area (TPSA) is 66.5 Å². The lowest BCUT2D eigenvalue weighted by Gasteiger charge is -2.25. The van der Waals surface area contributed by atoms with E-state index in [1.165, 1.54) is 11.1 Å². The van der Waals surface area contributed by atoms with Gasteiger partial charge in [0, 0.05) is 24.5 Å². The number of thioether (sulfide) groups is 1. The van der Waals surface area contributed by atoms with Crippen molar-refractivity contribution in [3.63, 3.8) is 0 Å². The normalized spacial score (nSPS) is 15.3. The minimum atomic E-state index is -3.44. The van der Waals surface area contributed by atoms with Gasteiger partial charge in [0.15, 0.2) is 0 Å². The monoisotopic (exact) mass is 418 g/mol. The van der Waals surface area contributed by atoms with Crippen LogP contribution in [0.1, 0.15) is 30.4 Å². The molecular formula is C21H26N2O3S2. The van der Waals surface area contributed by atoms with Crippen LogP contribution in [0.15, 0.2) is 53.4 Å². The number of carbonyl (C=O) groups excluding carboxylic acids is 1. The molecule has 0 saturated carbocycles. The molecule has 5 nitrogen and oxygen atoms in total. The number of nitrogens with zero attached hydrogens (tertiary/aromatic N) is 1. The Balaban J connectivity index is 1.51. The second-order valence-corrected chi connectivity index (χ2v) is 9.94. The molecule has 1 fully saturated rings. The number of rotatable bonds is 7. The number of hydrogen-bond donors (Lipinski definition) is 1. The van der Waals surface area contributed by atoms with E-state index in [1.807, 2.05) is 6.07 Å². The van der Waals surface area contributed by atoms with Crippen molar-refractivity contribution >= 4 is 33.4 Å². The predicted molar refractivity (Wildman–Crippen MR) is 115 cm³/mol. The van der Waals surface area contributed by atoms with E-state index in [2.05, 4.69) is 30.4 Å². The molecule has 2 aromatic rings. The molecule has 0 spiro atoms. The molecule has 28 heavy (non-hydrogen) atoms. The molecule has 2 aromatic carbocycles. The maximum absolute atomic E-state index is 12.7. The van der Waals surface area contributed by atoms with E-state index in [-0.39, 0.29) is 10.8 Å². The van der Waals surface area contributed by atoms with Crippen molar-refractivity contribution in [2.24, 2.45) is 0 Å². The first-order valence-corrected chi connectivity index (χ1v) is 12.1. The minimum absolute atomic E-state index is 0.0932. The second-order valence-electron chi connectivity index (χ2n) is 7.02. The maximum atomic E-state index is 12.7. The Morgan fingerprint density at radius 3 is 2.46 bits per heavy atom. The van der Waals surface area contributed by atoms with Crippen LogP contribution < -0.4 is 5.32 Å². The summed E-state index contributed by atoms with van der Waals surface area (Å²) >= 11 is 1.55. The largest absolute Gasteiger partial charge is 0.325 e. The van der Waals surface area contributed by atoms with E-state index in [9.17, 15) is 13.2 Å². The number of amides is 1. The zero-order valence-corrected chi connectivity index (χ0v) is 17.7. The van der Waals surface area contributed by atoms with Gasteiger partial charge in [0.25, 0.3) is 0 Å². The molecule has 0 aromatic heterocycles. The Morgan fingerprint density at radius 2 is 1.79 bits per heavy atom. The van der Waals surface area contributed by atoms with Crippen LogP contribution in [0.2, 0.25) is 0 Å². The van der Waals surface area contributed by atoms with Crippen LogP contribution in [-0.2, 0) is 20.6 Å². The van der Waals surface area contributed by atoms with Crippen molar-refractivity contribution < 1.29 is 13.2 Å². The Kier molecular flexibility index (Phi) is 7.15. The van der Waals surface area contributed by atoms with Crippen LogP contribution in [0.25, 0.3) is 0 Å². The highest BCUT2D eigenvalue weighted by Gasteiger charge is 2.25. The number of benzene rings is 2. The van der Waals surface area contributed by atoms with E-state index in [0.29, 0.717) is 24.5 Å². The van der Waals surface area contributed by atoms with E-state index >= 15 is 0 Å². The molecule has 1 aliphatic rings. The van der Waals surface area contributed by atoms with Gasteiger partial charge < -0.3 is 5.32 Å². The molecule has 1 heterocycles. The second kappa shape index (κ2) is 9.58. The summed E-state index contributed by atoms with van der Waals surface area (Å²) in [5, 5.41) is 2.83. The predicted octanol–water partition coefficient (Wildman–Crippen LogP) is 4.04. The lowest BCUT2D eigenvalue weighted by molar-refractivity contribution is -0.113. The highest BCUT2D eigenvalue weighted by molar-refractivity contribution is 7.99. The molecular weight excluding hydrogens is 392 g/mol. The summed E-state index contributed by atoms with van der Waals surface area (Å²) < 4.78 is 26.9. The summed E-state index contributed by atoms with van der Waals surface area (Å²) in [7, 11) is -3.44. The number of nitrogens with one attached hydrogen (secondary N) is 1. The molecule has 0 bridgehead atoms. The molecule has 0 radical (unpaired) electrons. The third-order valence-electron chi connectivity index (χ3n) is 4.68. The first-order valence-electron chi connectivity index (χ1n) is 9.48. The van der Waals surface area contributed by atoms with Crippen LogP contribution in [-0.4, -0.2) is 37.5 Å². The molecule has 0 atom stereocenters. The van der Waals surface area contributed by atoms with Gasteiger partial charge in [0.05, 0.1) is 10.6 Å². The Hall–Kier alpha value is -1.83. The van der Waals surface area contributed by atoms with Gasteiger partial charge in [-0.05, 0) is 49.6 Å². The van der Waals surface area contributed by atoms with E-state index in [1.54, 1.807) is 40.3 Å².